The Morgan fingerprint density at radius 1 is 1.59 bits per heavy atom. The second kappa shape index (κ2) is 4.69. The van der Waals surface area contributed by atoms with Crippen LogP contribution in [0.25, 0.3) is 0 Å². The number of aryl methyl sites for hydroxylation is 1. The van der Waals surface area contributed by atoms with E-state index in [0.717, 1.165) is 19.3 Å². The van der Waals surface area contributed by atoms with E-state index in [-0.39, 0.29) is 5.56 Å². The van der Waals surface area contributed by atoms with Crippen LogP contribution in [-0.4, -0.2) is 20.6 Å². The first-order valence-corrected chi connectivity index (χ1v) is 5.95. The molecule has 0 saturated heterocycles. The van der Waals surface area contributed by atoms with Crippen molar-refractivity contribution in [1.29, 1.82) is 0 Å². The molecule has 1 aromatic heterocycles. The number of rotatable bonds is 5. The molecule has 1 heterocycles. The monoisotopic (exact) mass is 236 g/mol. The highest BCUT2D eigenvalue weighted by molar-refractivity contribution is 5.88. The normalized spacial score (nSPS) is 14.9. The van der Waals surface area contributed by atoms with E-state index in [2.05, 4.69) is 4.98 Å². The molecule has 5 heteroatoms. The highest BCUT2D eigenvalue weighted by Crippen LogP contribution is 2.29. The van der Waals surface area contributed by atoms with Gasteiger partial charge in [0.1, 0.15) is 5.56 Å². The molecule has 1 N–H and O–H groups in total. The summed E-state index contributed by atoms with van der Waals surface area (Å²) in [5, 5.41) is 9.09. The molecule has 17 heavy (non-hydrogen) atoms. The van der Waals surface area contributed by atoms with Gasteiger partial charge >= 0.3 is 5.97 Å². The van der Waals surface area contributed by atoms with E-state index in [4.69, 9.17) is 5.11 Å². The third kappa shape index (κ3) is 2.54. The second-order valence-corrected chi connectivity index (χ2v) is 4.52. The fraction of sp³-hybridized carbons (Fsp3) is 0.583. The minimum absolute atomic E-state index is 0.157. The lowest BCUT2D eigenvalue weighted by Crippen LogP contribution is -2.29. The van der Waals surface area contributed by atoms with Crippen molar-refractivity contribution in [2.24, 2.45) is 5.92 Å². The van der Waals surface area contributed by atoms with Crippen LogP contribution in [0.3, 0.4) is 0 Å². The molecule has 1 aliphatic rings. The van der Waals surface area contributed by atoms with E-state index in [9.17, 15) is 9.59 Å². The Balaban J connectivity index is 2.40. The summed E-state index contributed by atoms with van der Waals surface area (Å²) in [7, 11) is 0. The average Bonchev–Trinajstić information content (AvgIpc) is 3.06. The lowest BCUT2D eigenvalue weighted by atomic mass is 10.1. The topological polar surface area (TPSA) is 72.2 Å². The second-order valence-electron chi connectivity index (χ2n) is 4.52. The van der Waals surface area contributed by atoms with Crippen molar-refractivity contribution < 1.29 is 9.90 Å². The molecule has 92 valence electrons. The summed E-state index contributed by atoms with van der Waals surface area (Å²) in [5.41, 5.74) is -0.171. The summed E-state index contributed by atoms with van der Waals surface area (Å²) in [6, 6.07) is 0. The van der Waals surface area contributed by atoms with Gasteiger partial charge < -0.3 is 5.11 Å². The molecular weight excluding hydrogens is 220 g/mol. The van der Waals surface area contributed by atoms with Crippen LogP contribution in [0, 0.1) is 5.92 Å². The van der Waals surface area contributed by atoms with E-state index >= 15 is 0 Å². The standard InChI is InChI=1S/C12H16N2O3/c1-2-3-9-10(12(16)17)11(15)14(7-13-9)6-8-4-5-8/h7-8H,2-6H2,1H3,(H,16,17). The van der Waals surface area contributed by atoms with Crippen LogP contribution in [0.5, 0.6) is 0 Å². The van der Waals surface area contributed by atoms with Gasteiger partial charge in [0.25, 0.3) is 5.56 Å². The van der Waals surface area contributed by atoms with Crippen LogP contribution < -0.4 is 5.56 Å². The number of hydrogen-bond acceptors (Lipinski definition) is 3. The molecular formula is C12H16N2O3. The van der Waals surface area contributed by atoms with Crippen molar-refractivity contribution in [1.82, 2.24) is 9.55 Å². The zero-order chi connectivity index (χ0) is 12.4. The van der Waals surface area contributed by atoms with E-state index < -0.39 is 11.5 Å². The van der Waals surface area contributed by atoms with Crippen LogP contribution in [-0.2, 0) is 13.0 Å². The number of nitrogens with zero attached hydrogens (tertiary/aromatic N) is 2. The minimum atomic E-state index is -1.17. The zero-order valence-corrected chi connectivity index (χ0v) is 9.85. The molecule has 0 atom stereocenters. The van der Waals surface area contributed by atoms with Crippen molar-refractivity contribution in [2.75, 3.05) is 0 Å². The smallest absolute Gasteiger partial charge is 0.343 e. The number of hydrogen-bond donors (Lipinski definition) is 1. The molecule has 2 rings (SSSR count). The van der Waals surface area contributed by atoms with Crippen LogP contribution >= 0.6 is 0 Å². The van der Waals surface area contributed by atoms with Gasteiger partial charge in [0.05, 0.1) is 12.0 Å². The maximum Gasteiger partial charge on any atom is 0.343 e. The first-order chi connectivity index (χ1) is 8.13. The summed E-state index contributed by atoms with van der Waals surface area (Å²) in [4.78, 5) is 27.2. The number of carboxylic acid groups (broad SMARTS) is 1. The fourth-order valence-corrected chi connectivity index (χ4v) is 1.87. The van der Waals surface area contributed by atoms with Crippen LogP contribution in [0.15, 0.2) is 11.1 Å². The Labute approximate surface area is 99.1 Å². The Hall–Kier alpha value is -1.65. The molecule has 1 saturated carbocycles. The van der Waals surface area contributed by atoms with E-state index in [0.29, 0.717) is 24.6 Å². The molecule has 1 aliphatic carbocycles. The SMILES string of the molecule is CCCc1ncn(CC2CC2)c(=O)c1C(=O)O. The quantitative estimate of drug-likeness (QED) is 0.836. The zero-order valence-electron chi connectivity index (χ0n) is 9.85. The van der Waals surface area contributed by atoms with Crippen molar-refractivity contribution in [2.45, 2.75) is 39.2 Å². The molecule has 5 nitrogen and oxygen atoms in total. The Morgan fingerprint density at radius 2 is 2.29 bits per heavy atom. The third-order valence-electron chi connectivity index (χ3n) is 2.97. The van der Waals surface area contributed by atoms with Crippen molar-refractivity contribution in [3.8, 4) is 0 Å². The summed E-state index contributed by atoms with van der Waals surface area (Å²) < 4.78 is 1.43. The van der Waals surface area contributed by atoms with Gasteiger partial charge in [-0.2, -0.15) is 0 Å². The first-order valence-electron chi connectivity index (χ1n) is 5.95. The van der Waals surface area contributed by atoms with E-state index in [1.165, 1.54) is 10.9 Å². The summed E-state index contributed by atoms with van der Waals surface area (Å²) in [5.74, 6) is -0.649. The summed E-state index contributed by atoms with van der Waals surface area (Å²) >= 11 is 0. The number of carboxylic acids is 1. The van der Waals surface area contributed by atoms with E-state index in [1.807, 2.05) is 6.92 Å². The molecule has 0 amide bonds. The van der Waals surface area contributed by atoms with Crippen LogP contribution in [0.1, 0.15) is 42.2 Å². The van der Waals surface area contributed by atoms with Gasteiger partial charge in [-0.25, -0.2) is 9.78 Å². The maximum atomic E-state index is 12.0. The van der Waals surface area contributed by atoms with Crippen molar-refractivity contribution in [3.63, 3.8) is 0 Å². The molecule has 0 unspecified atom stereocenters. The van der Waals surface area contributed by atoms with Crippen LogP contribution in [0.4, 0.5) is 0 Å². The molecule has 0 bridgehead atoms. The summed E-state index contributed by atoms with van der Waals surface area (Å²) in [6.45, 7) is 2.53. The highest BCUT2D eigenvalue weighted by Gasteiger charge is 2.24. The molecule has 1 fully saturated rings. The Kier molecular flexibility index (Phi) is 3.26. The largest absolute Gasteiger partial charge is 0.477 e. The highest BCUT2D eigenvalue weighted by atomic mass is 16.4. The maximum absolute atomic E-state index is 12.0. The lowest BCUT2D eigenvalue weighted by molar-refractivity contribution is 0.0692. The average molecular weight is 236 g/mol. The minimum Gasteiger partial charge on any atom is -0.477 e. The van der Waals surface area contributed by atoms with Crippen molar-refractivity contribution in [3.05, 3.63) is 27.9 Å². The fourth-order valence-electron chi connectivity index (χ4n) is 1.87. The molecule has 0 aromatic carbocycles. The van der Waals surface area contributed by atoms with Gasteiger partial charge in [0.2, 0.25) is 0 Å². The van der Waals surface area contributed by atoms with Crippen molar-refractivity contribution >= 4 is 5.97 Å². The predicted molar refractivity (Wildman–Crippen MR) is 62.2 cm³/mol. The van der Waals surface area contributed by atoms with Gasteiger partial charge in [-0.1, -0.05) is 13.3 Å². The molecule has 1 aromatic rings. The van der Waals surface area contributed by atoms with Gasteiger partial charge in [0, 0.05) is 6.54 Å². The number of aromatic carboxylic acids is 1. The predicted octanol–water partition coefficient (Wildman–Crippen LogP) is 1.30. The molecule has 0 spiro atoms. The van der Waals surface area contributed by atoms with Gasteiger partial charge in [-0.3, -0.25) is 9.36 Å². The number of carbonyl (C=O) groups is 1. The lowest BCUT2D eigenvalue weighted by Gasteiger charge is -2.08. The van der Waals surface area contributed by atoms with Gasteiger partial charge in [0.15, 0.2) is 0 Å². The Bertz CT molecular complexity index is 489. The van der Waals surface area contributed by atoms with E-state index in [1.54, 1.807) is 0 Å². The van der Waals surface area contributed by atoms with Gasteiger partial charge in [-0.15, -0.1) is 0 Å². The first kappa shape index (κ1) is 11.8. The summed E-state index contributed by atoms with van der Waals surface area (Å²) in [6.07, 6.45) is 5.02. The third-order valence-corrected chi connectivity index (χ3v) is 2.97. The Morgan fingerprint density at radius 3 is 2.82 bits per heavy atom. The molecule has 0 aliphatic heterocycles. The molecule has 0 radical (unpaired) electrons. The van der Waals surface area contributed by atoms with Gasteiger partial charge in [-0.05, 0) is 25.2 Å². The number of aromatic nitrogens is 2. The van der Waals surface area contributed by atoms with Crippen LogP contribution in [0.2, 0.25) is 0 Å².